The van der Waals surface area contributed by atoms with Crippen molar-refractivity contribution in [1.82, 2.24) is 4.98 Å². The standard InChI is InChI=1S/C11H11N3O2S/c1-8-4-11(13-6-10(8)14(15)16)12-5-9-2-3-17-7-9/h2-4,6-7H,5H2,1H3,(H,12,13). The summed E-state index contributed by atoms with van der Waals surface area (Å²) >= 11 is 1.63. The summed E-state index contributed by atoms with van der Waals surface area (Å²) in [4.78, 5) is 14.2. The lowest BCUT2D eigenvalue weighted by atomic mass is 10.2. The molecule has 0 saturated carbocycles. The maximum Gasteiger partial charge on any atom is 0.290 e. The van der Waals surface area contributed by atoms with Crippen LogP contribution in [-0.2, 0) is 6.54 Å². The molecule has 0 aliphatic carbocycles. The summed E-state index contributed by atoms with van der Waals surface area (Å²) in [5, 5.41) is 17.8. The van der Waals surface area contributed by atoms with Gasteiger partial charge in [-0.25, -0.2) is 4.98 Å². The Hall–Kier alpha value is -1.95. The van der Waals surface area contributed by atoms with Gasteiger partial charge in [-0.1, -0.05) is 0 Å². The number of aromatic nitrogens is 1. The molecule has 2 aromatic rings. The molecule has 0 saturated heterocycles. The minimum absolute atomic E-state index is 0.0473. The van der Waals surface area contributed by atoms with E-state index in [1.165, 1.54) is 11.8 Å². The van der Waals surface area contributed by atoms with Crippen LogP contribution in [0.1, 0.15) is 11.1 Å². The van der Waals surface area contributed by atoms with E-state index in [0.29, 0.717) is 17.9 Å². The zero-order chi connectivity index (χ0) is 12.3. The van der Waals surface area contributed by atoms with E-state index in [0.717, 1.165) is 0 Å². The van der Waals surface area contributed by atoms with Gasteiger partial charge in [-0.2, -0.15) is 11.3 Å². The van der Waals surface area contributed by atoms with Gasteiger partial charge in [-0.3, -0.25) is 10.1 Å². The summed E-state index contributed by atoms with van der Waals surface area (Å²) in [6.07, 6.45) is 1.28. The number of hydrogen-bond donors (Lipinski definition) is 1. The fourth-order valence-corrected chi connectivity index (χ4v) is 2.09. The Labute approximate surface area is 102 Å². The molecule has 88 valence electrons. The molecule has 2 rings (SSSR count). The predicted octanol–water partition coefficient (Wildman–Crippen LogP) is 2.97. The van der Waals surface area contributed by atoms with Gasteiger partial charge in [0.1, 0.15) is 12.0 Å². The highest BCUT2D eigenvalue weighted by Crippen LogP contribution is 2.19. The second kappa shape index (κ2) is 4.92. The number of nitrogens with zero attached hydrogens (tertiary/aromatic N) is 2. The zero-order valence-electron chi connectivity index (χ0n) is 9.21. The number of pyridine rings is 1. The Morgan fingerprint density at radius 2 is 2.41 bits per heavy atom. The van der Waals surface area contributed by atoms with Gasteiger partial charge in [0.15, 0.2) is 0 Å². The molecule has 0 bridgehead atoms. The number of nitrogens with one attached hydrogen (secondary N) is 1. The van der Waals surface area contributed by atoms with Crippen molar-refractivity contribution < 1.29 is 4.92 Å². The highest BCUT2D eigenvalue weighted by Gasteiger charge is 2.11. The number of rotatable bonds is 4. The quantitative estimate of drug-likeness (QED) is 0.668. The number of thiophene rings is 1. The minimum atomic E-state index is -0.426. The van der Waals surface area contributed by atoms with Crippen LogP contribution in [0, 0.1) is 17.0 Å². The summed E-state index contributed by atoms with van der Waals surface area (Å²) in [6, 6.07) is 3.71. The topological polar surface area (TPSA) is 68.1 Å². The van der Waals surface area contributed by atoms with Crippen LogP contribution < -0.4 is 5.32 Å². The van der Waals surface area contributed by atoms with Crippen molar-refractivity contribution in [2.24, 2.45) is 0 Å². The molecule has 2 heterocycles. The molecular formula is C11H11N3O2S. The first-order chi connectivity index (χ1) is 8.16. The highest BCUT2D eigenvalue weighted by molar-refractivity contribution is 7.07. The molecule has 0 spiro atoms. The first-order valence-electron chi connectivity index (χ1n) is 5.03. The SMILES string of the molecule is Cc1cc(NCc2ccsc2)ncc1[N+](=O)[O-]. The summed E-state index contributed by atoms with van der Waals surface area (Å²) in [6.45, 7) is 2.38. The first kappa shape index (κ1) is 11.5. The fourth-order valence-electron chi connectivity index (χ4n) is 1.42. The van der Waals surface area contributed by atoms with Crippen molar-refractivity contribution in [3.63, 3.8) is 0 Å². The lowest BCUT2D eigenvalue weighted by molar-refractivity contribution is -0.385. The van der Waals surface area contributed by atoms with Crippen LogP contribution in [0.5, 0.6) is 0 Å². The van der Waals surface area contributed by atoms with Crippen molar-refractivity contribution in [2.45, 2.75) is 13.5 Å². The Morgan fingerprint density at radius 3 is 3.00 bits per heavy atom. The molecule has 17 heavy (non-hydrogen) atoms. The summed E-state index contributed by atoms with van der Waals surface area (Å²) < 4.78 is 0. The average molecular weight is 249 g/mol. The van der Waals surface area contributed by atoms with E-state index < -0.39 is 4.92 Å². The van der Waals surface area contributed by atoms with Gasteiger partial charge >= 0.3 is 0 Å². The molecule has 0 amide bonds. The molecule has 0 radical (unpaired) electrons. The van der Waals surface area contributed by atoms with E-state index in [1.54, 1.807) is 24.3 Å². The summed E-state index contributed by atoms with van der Waals surface area (Å²) in [7, 11) is 0. The molecule has 6 heteroatoms. The second-order valence-electron chi connectivity index (χ2n) is 3.60. The Kier molecular flexibility index (Phi) is 3.34. The van der Waals surface area contributed by atoms with Crippen LogP contribution in [0.15, 0.2) is 29.1 Å². The maximum atomic E-state index is 10.6. The van der Waals surface area contributed by atoms with Gasteiger partial charge in [-0.15, -0.1) is 0 Å². The number of aryl methyl sites for hydroxylation is 1. The van der Waals surface area contributed by atoms with Crippen LogP contribution in [0.3, 0.4) is 0 Å². The van der Waals surface area contributed by atoms with Crippen molar-refractivity contribution in [3.8, 4) is 0 Å². The molecule has 0 fully saturated rings. The Bertz CT molecular complexity index is 526. The van der Waals surface area contributed by atoms with Crippen molar-refractivity contribution in [1.29, 1.82) is 0 Å². The summed E-state index contributed by atoms with van der Waals surface area (Å²) in [5.41, 5.74) is 1.83. The molecular weight excluding hydrogens is 238 g/mol. The van der Waals surface area contributed by atoms with Gasteiger partial charge in [0.25, 0.3) is 5.69 Å². The normalized spacial score (nSPS) is 10.2. The lowest BCUT2D eigenvalue weighted by Gasteiger charge is -2.05. The molecule has 0 unspecified atom stereocenters. The van der Waals surface area contributed by atoms with Gasteiger partial charge in [0, 0.05) is 12.1 Å². The fraction of sp³-hybridized carbons (Fsp3) is 0.182. The van der Waals surface area contributed by atoms with E-state index in [1.807, 2.05) is 16.8 Å². The van der Waals surface area contributed by atoms with E-state index in [-0.39, 0.29) is 5.69 Å². The van der Waals surface area contributed by atoms with E-state index in [9.17, 15) is 10.1 Å². The van der Waals surface area contributed by atoms with Gasteiger partial charge in [0.05, 0.1) is 4.92 Å². The molecule has 5 nitrogen and oxygen atoms in total. The minimum Gasteiger partial charge on any atom is -0.366 e. The average Bonchev–Trinajstić information content (AvgIpc) is 2.78. The van der Waals surface area contributed by atoms with Gasteiger partial charge < -0.3 is 5.32 Å². The third-order valence-electron chi connectivity index (χ3n) is 2.33. The van der Waals surface area contributed by atoms with Crippen LogP contribution in [0.4, 0.5) is 11.5 Å². The van der Waals surface area contributed by atoms with Crippen molar-refractivity contribution >= 4 is 22.8 Å². The Morgan fingerprint density at radius 1 is 1.59 bits per heavy atom. The highest BCUT2D eigenvalue weighted by atomic mass is 32.1. The second-order valence-corrected chi connectivity index (χ2v) is 4.38. The number of nitro groups is 1. The van der Waals surface area contributed by atoms with Gasteiger partial charge in [-0.05, 0) is 35.4 Å². The maximum absolute atomic E-state index is 10.6. The third-order valence-corrected chi connectivity index (χ3v) is 3.07. The number of anilines is 1. The monoisotopic (exact) mass is 249 g/mol. The smallest absolute Gasteiger partial charge is 0.290 e. The zero-order valence-corrected chi connectivity index (χ0v) is 10.0. The third kappa shape index (κ3) is 2.79. The van der Waals surface area contributed by atoms with Crippen molar-refractivity contribution in [3.05, 3.63) is 50.3 Å². The molecule has 1 N–H and O–H groups in total. The largest absolute Gasteiger partial charge is 0.366 e. The van der Waals surface area contributed by atoms with E-state index >= 15 is 0 Å². The first-order valence-corrected chi connectivity index (χ1v) is 5.97. The molecule has 2 aromatic heterocycles. The molecule has 0 atom stereocenters. The van der Waals surface area contributed by atoms with Crippen LogP contribution in [0.25, 0.3) is 0 Å². The van der Waals surface area contributed by atoms with Crippen LogP contribution >= 0.6 is 11.3 Å². The van der Waals surface area contributed by atoms with Crippen LogP contribution in [0.2, 0.25) is 0 Å². The van der Waals surface area contributed by atoms with E-state index in [4.69, 9.17) is 0 Å². The van der Waals surface area contributed by atoms with E-state index in [2.05, 4.69) is 10.3 Å². The molecule has 0 aliphatic heterocycles. The molecule has 0 aliphatic rings. The number of hydrogen-bond acceptors (Lipinski definition) is 5. The van der Waals surface area contributed by atoms with Gasteiger partial charge in [0.2, 0.25) is 0 Å². The van der Waals surface area contributed by atoms with Crippen molar-refractivity contribution in [2.75, 3.05) is 5.32 Å². The van der Waals surface area contributed by atoms with Crippen LogP contribution in [-0.4, -0.2) is 9.91 Å². The lowest BCUT2D eigenvalue weighted by Crippen LogP contribution is -2.02. The Balaban J connectivity index is 2.07. The summed E-state index contributed by atoms with van der Waals surface area (Å²) in [5.74, 6) is 0.652. The molecule has 0 aromatic carbocycles. The predicted molar refractivity (Wildman–Crippen MR) is 67.3 cm³/mol.